The molecule has 1 heterocycles. The monoisotopic (exact) mass is 339 g/mol. The Morgan fingerprint density at radius 3 is 2.57 bits per heavy atom. The van der Waals surface area contributed by atoms with Crippen LogP contribution in [0.5, 0.6) is 0 Å². The van der Waals surface area contributed by atoms with Crippen LogP contribution >= 0.6 is 12.4 Å². The number of carbonyl (C=O) groups is 1. The summed E-state index contributed by atoms with van der Waals surface area (Å²) in [5.41, 5.74) is 3.36. The van der Waals surface area contributed by atoms with E-state index < -0.39 is 0 Å². The third-order valence-electron chi connectivity index (χ3n) is 4.47. The van der Waals surface area contributed by atoms with Gasteiger partial charge < -0.3 is 10.6 Å². The van der Waals surface area contributed by atoms with Crippen LogP contribution in [-0.4, -0.2) is 43.0 Å². The van der Waals surface area contributed by atoms with Crippen LogP contribution in [0.1, 0.15) is 37.3 Å². The van der Waals surface area contributed by atoms with E-state index in [0.717, 1.165) is 44.6 Å². The van der Waals surface area contributed by atoms with Gasteiger partial charge in [-0.05, 0) is 76.0 Å². The van der Waals surface area contributed by atoms with Gasteiger partial charge in [-0.25, -0.2) is 0 Å². The summed E-state index contributed by atoms with van der Waals surface area (Å²) in [5.74, 6) is 0.0928. The summed E-state index contributed by atoms with van der Waals surface area (Å²) in [7, 11) is 0. The van der Waals surface area contributed by atoms with E-state index in [1.807, 2.05) is 12.1 Å². The molecule has 1 aromatic rings. The quantitative estimate of drug-likeness (QED) is 0.837. The van der Waals surface area contributed by atoms with E-state index in [-0.39, 0.29) is 18.3 Å². The minimum Gasteiger partial charge on any atom is -0.325 e. The Kier molecular flexibility index (Phi) is 8.59. The standard InChI is InChI=1S/C18H29N3O.ClH/c1-4-11-21(17-7-9-19-10-8-17)13-18(22)20-16-6-5-14(2)15(3)12-16;/h5-6,12,17,19H,4,7-11,13H2,1-3H3,(H,20,22);1H. The first kappa shape index (κ1) is 19.9. The third-order valence-corrected chi connectivity index (χ3v) is 4.47. The summed E-state index contributed by atoms with van der Waals surface area (Å²) < 4.78 is 0. The molecule has 0 aliphatic carbocycles. The van der Waals surface area contributed by atoms with Crippen LogP contribution in [0.3, 0.4) is 0 Å². The number of aryl methyl sites for hydroxylation is 2. The van der Waals surface area contributed by atoms with Crippen LogP contribution in [0.4, 0.5) is 5.69 Å². The van der Waals surface area contributed by atoms with Crippen molar-refractivity contribution in [1.29, 1.82) is 0 Å². The second-order valence-electron chi connectivity index (χ2n) is 6.30. The Morgan fingerprint density at radius 1 is 1.26 bits per heavy atom. The average molecular weight is 340 g/mol. The maximum atomic E-state index is 12.4. The number of carbonyl (C=O) groups excluding carboxylic acids is 1. The van der Waals surface area contributed by atoms with Crippen molar-refractivity contribution in [1.82, 2.24) is 10.2 Å². The second-order valence-corrected chi connectivity index (χ2v) is 6.30. The SMILES string of the molecule is CCCN(CC(=O)Nc1ccc(C)c(C)c1)C1CCNCC1.Cl. The van der Waals surface area contributed by atoms with Crippen molar-refractivity contribution in [3.05, 3.63) is 29.3 Å². The molecule has 0 aromatic heterocycles. The molecule has 23 heavy (non-hydrogen) atoms. The van der Waals surface area contributed by atoms with Crippen LogP contribution in [0.25, 0.3) is 0 Å². The lowest BCUT2D eigenvalue weighted by atomic mass is 10.0. The van der Waals surface area contributed by atoms with E-state index in [9.17, 15) is 4.79 Å². The first-order chi connectivity index (χ1) is 10.6. The van der Waals surface area contributed by atoms with E-state index in [1.54, 1.807) is 0 Å². The van der Waals surface area contributed by atoms with Gasteiger partial charge in [0.2, 0.25) is 5.91 Å². The molecule has 0 atom stereocenters. The lowest BCUT2D eigenvalue weighted by Crippen LogP contribution is -2.46. The minimum absolute atomic E-state index is 0. The molecule has 0 bridgehead atoms. The van der Waals surface area contributed by atoms with Crippen LogP contribution in [0.2, 0.25) is 0 Å². The molecule has 0 spiro atoms. The van der Waals surface area contributed by atoms with Gasteiger partial charge in [0.05, 0.1) is 6.54 Å². The molecule has 2 rings (SSSR count). The van der Waals surface area contributed by atoms with Gasteiger partial charge in [-0.15, -0.1) is 12.4 Å². The third kappa shape index (κ3) is 6.13. The summed E-state index contributed by atoms with van der Waals surface area (Å²) in [4.78, 5) is 14.7. The second kappa shape index (κ2) is 9.91. The fourth-order valence-corrected chi connectivity index (χ4v) is 3.05. The summed E-state index contributed by atoms with van der Waals surface area (Å²) in [6.45, 7) is 9.93. The highest BCUT2D eigenvalue weighted by Gasteiger charge is 2.22. The molecular weight excluding hydrogens is 310 g/mol. The van der Waals surface area contributed by atoms with Crippen LogP contribution in [0, 0.1) is 13.8 Å². The predicted octanol–water partition coefficient (Wildman–Crippen LogP) is 3.13. The highest BCUT2D eigenvalue weighted by atomic mass is 35.5. The Hall–Kier alpha value is -1.10. The average Bonchev–Trinajstić information content (AvgIpc) is 2.51. The molecule has 0 unspecified atom stereocenters. The van der Waals surface area contributed by atoms with Gasteiger partial charge in [0.1, 0.15) is 0 Å². The number of hydrogen-bond acceptors (Lipinski definition) is 3. The van der Waals surface area contributed by atoms with Crippen molar-refractivity contribution in [2.75, 3.05) is 31.5 Å². The molecule has 130 valence electrons. The lowest BCUT2D eigenvalue weighted by molar-refractivity contribution is -0.118. The molecule has 4 nitrogen and oxygen atoms in total. The molecule has 1 aromatic carbocycles. The predicted molar refractivity (Wildman–Crippen MR) is 99.5 cm³/mol. The molecule has 1 aliphatic rings. The van der Waals surface area contributed by atoms with Crippen molar-refractivity contribution in [3.63, 3.8) is 0 Å². The van der Waals surface area contributed by atoms with Gasteiger partial charge in [-0.2, -0.15) is 0 Å². The Labute approximate surface area is 146 Å². The smallest absolute Gasteiger partial charge is 0.238 e. The van der Waals surface area contributed by atoms with Gasteiger partial charge in [0.15, 0.2) is 0 Å². The zero-order chi connectivity index (χ0) is 15.9. The van der Waals surface area contributed by atoms with Crippen molar-refractivity contribution in [3.8, 4) is 0 Å². The van der Waals surface area contributed by atoms with Crippen molar-refractivity contribution < 1.29 is 4.79 Å². The van der Waals surface area contributed by atoms with Gasteiger partial charge in [0, 0.05) is 11.7 Å². The molecule has 0 radical (unpaired) electrons. The van der Waals surface area contributed by atoms with E-state index in [1.165, 1.54) is 11.1 Å². The number of rotatable bonds is 6. The fourth-order valence-electron chi connectivity index (χ4n) is 3.05. The van der Waals surface area contributed by atoms with E-state index in [0.29, 0.717) is 12.6 Å². The maximum absolute atomic E-state index is 12.4. The molecule has 5 heteroatoms. The Bertz CT molecular complexity index is 501. The topological polar surface area (TPSA) is 44.4 Å². The normalized spacial score (nSPS) is 15.3. The molecule has 1 fully saturated rings. The van der Waals surface area contributed by atoms with Gasteiger partial charge in [0.25, 0.3) is 0 Å². The largest absolute Gasteiger partial charge is 0.325 e. The molecule has 1 saturated heterocycles. The molecular formula is C18H30ClN3O. The van der Waals surface area contributed by atoms with Crippen LogP contribution < -0.4 is 10.6 Å². The summed E-state index contributed by atoms with van der Waals surface area (Å²) in [5, 5.41) is 6.43. The number of benzene rings is 1. The van der Waals surface area contributed by atoms with E-state index in [2.05, 4.69) is 42.4 Å². The number of amides is 1. The highest BCUT2D eigenvalue weighted by Crippen LogP contribution is 2.15. The molecule has 1 aliphatic heterocycles. The lowest BCUT2D eigenvalue weighted by Gasteiger charge is -2.34. The Morgan fingerprint density at radius 2 is 1.96 bits per heavy atom. The van der Waals surface area contributed by atoms with Gasteiger partial charge in [-0.1, -0.05) is 13.0 Å². The van der Waals surface area contributed by atoms with Gasteiger partial charge in [-0.3, -0.25) is 9.69 Å². The number of hydrogen-bond donors (Lipinski definition) is 2. The first-order valence-electron chi connectivity index (χ1n) is 8.42. The highest BCUT2D eigenvalue weighted by molar-refractivity contribution is 5.92. The van der Waals surface area contributed by atoms with E-state index in [4.69, 9.17) is 0 Å². The summed E-state index contributed by atoms with van der Waals surface area (Å²) >= 11 is 0. The van der Waals surface area contributed by atoms with Crippen molar-refractivity contribution in [2.45, 2.75) is 46.1 Å². The molecule has 2 N–H and O–H groups in total. The Balaban J connectivity index is 0.00000264. The van der Waals surface area contributed by atoms with Crippen molar-refractivity contribution in [2.24, 2.45) is 0 Å². The van der Waals surface area contributed by atoms with E-state index >= 15 is 0 Å². The number of nitrogens with zero attached hydrogens (tertiary/aromatic N) is 1. The maximum Gasteiger partial charge on any atom is 0.238 e. The number of nitrogens with one attached hydrogen (secondary N) is 2. The number of anilines is 1. The first-order valence-corrected chi connectivity index (χ1v) is 8.42. The van der Waals surface area contributed by atoms with Crippen LogP contribution in [-0.2, 0) is 4.79 Å². The number of piperidine rings is 1. The zero-order valence-corrected chi connectivity index (χ0v) is 15.3. The minimum atomic E-state index is 0. The summed E-state index contributed by atoms with van der Waals surface area (Å²) in [6.07, 6.45) is 3.36. The summed E-state index contributed by atoms with van der Waals surface area (Å²) in [6, 6.07) is 6.62. The zero-order valence-electron chi connectivity index (χ0n) is 14.5. The van der Waals surface area contributed by atoms with Gasteiger partial charge >= 0.3 is 0 Å². The molecule has 1 amide bonds. The molecule has 0 saturated carbocycles. The van der Waals surface area contributed by atoms with Crippen molar-refractivity contribution >= 4 is 24.0 Å². The number of halogens is 1. The fraction of sp³-hybridized carbons (Fsp3) is 0.611. The van der Waals surface area contributed by atoms with Crippen LogP contribution in [0.15, 0.2) is 18.2 Å².